The second-order valence-electron chi connectivity index (χ2n) is 5.14. The molecule has 1 aliphatic rings. The summed E-state index contributed by atoms with van der Waals surface area (Å²) in [6, 6.07) is 0.858. The van der Waals surface area contributed by atoms with E-state index in [4.69, 9.17) is 11.6 Å². The summed E-state index contributed by atoms with van der Waals surface area (Å²) in [7, 11) is 0. The van der Waals surface area contributed by atoms with Crippen molar-refractivity contribution in [3.63, 3.8) is 0 Å². The maximum absolute atomic E-state index is 12.5. The first-order chi connectivity index (χ1) is 8.63. The molecular formula is C12H14ClF3N2O. The first-order valence-electron chi connectivity index (χ1n) is 5.83. The van der Waals surface area contributed by atoms with E-state index in [0.29, 0.717) is 13.1 Å². The van der Waals surface area contributed by atoms with Crippen molar-refractivity contribution in [2.75, 3.05) is 18.0 Å². The lowest BCUT2D eigenvalue weighted by Gasteiger charge is -2.49. The summed E-state index contributed by atoms with van der Waals surface area (Å²) in [5.74, 6) is 0.344. The van der Waals surface area contributed by atoms with Gasteiger partial charge in [0.2, 0.25) is 0 Å². The third kappa shape index (κ3) is 2.65. The Morgan fingerprint density at radius 1 is 1.42 bits per heavy atom. The van der Waals surface area contributed by atoms with Gasteiger partial charge >= 0.3 is 6.18 Å². The standard InChI is InChI=1S/C12H14ClF3N2O/c1-7(2)11(19)5-18(6-11)10-9(13)3-8(4-17-10)12(14,15)16/h3-4,7,19H,5-6H2,1-2H3. The summed E-state index contributed by atoms with van der Waals surface area (Å²) in [6.45, 7) is 4.42. The monoisotopic (exact) mass is 294 g/mol. The van der Waals surface area contributed by atoms with Crippen LogP contribution in [0.3, 0.4) is 0 Å². The van der Waals surface area contributed by atoms with Gasteiger partial charge in [0, 0.05) is 6.20 Å². The molecule has 106 valence electrons. The topological polar surface area (TPSA) is 36.4 Å². The van der Waals surface area contributed by atoms with Gasteiger partial charge < -0.3 is 10.0 Å². The number of alkyl halides is 3. The molecule has 19 heavy (non-hydrogen) atoms. The molecule has 1 fully saturated rings. The molecule has 3 nitrogen and oxygen atoms in total. The highest BCUT2D eigenvalue weighted by molar-refractivity contribution is 6.33. The van der Waals surface area contributed by atoms with E-state index in [1.165, 1.54) is 0 Å². The normalized spacial score (nSPS) is 18.6. The summed E-state index contributed by atoms with van der Waals surface area (Å²) in [5.41, 5.74) is -1.70. The molecule has 2 rings (SSSR count). The zero-order valence-corrected chi connectivity index (χ0v) is 11.3. The average Bonchev–Trinajstić information content (AvgIpc) is 2.23. The molecule has 1 aliphatic heterocycles. The van der Waals surface area contributed by atoms with Gasteiger partial charge in [-0.05, 0) is 12.0 Å². The van der Waals surface area contributed by atoms with Gasteiger partial charge in [-0.25, -0.2) is 4.98 Å². The van der Waals surface area contributed by atoms with Gasteiger partial charge in [-0.1, -0.05) is 25.4 Å². The maximum atomic E-state index is 12.5. The van der Waals surface area contributed by atoms with Crippen molar-refractivity contribution in [1.82, 2.24) is 4.98 Å². The van der Waals surface area contributed by atoms with Crippen LogP contribution in [0.5, 0.6) is 0 Å². The van der Waals surface area contributed by atoms with Crippen LogP contribution in [0.25, 0.3) is 0 Å². The van der Waals surface area contributed by atoms with Crippen LogP contribution in [0.2, 0.25) is 5.02 Å². The number of halogens is 4. The lowest BCUT2D eigenvalue weighted by Crippen LogP contribution is -2.65. The fourth-order valence-electron chi connectivity index (χ4n) is 1.95. The molecule has 0 saturated carbocycles. The summed E-state index contributed by atoms with van der Waals surface area (Å²) in [4.78, 5) is 5.42. The number of aliphatic hydroxyl groups is 1. The molecule has 0 aromatic carbocycles. The van der Waals surface area contributed by atoms with Crippen molar-refractivity contribution < 1.29 is 18.3 Å². The Morgan fingerprint density at radius 3 is 2.42 bits per heavy atom. The fraction of sp³-hybridized carbons (Fsp3) is 0.583. The molecule has 0 bridgehead atoms. The molecule has 0 radical (unpaired) electrons. The van der Waals surface area contributed by atoms with Crippen molar-refractivity contribution in [2.24, 2.45) is 5.92 Å². The molecule has 0 aliphatic carbocycles. The minimum Gasteiger partial charge on any atom is -0.386 e. The highest BCUT2D eigenvalue weighted by Crippen LogP contribution is 2.37. The van der Waals surface area contributed by atoms with Crippen molar-refractivity contribution in [1.29, 1.82) is 0 Å². The third-order valence-electron chi connectivity index (χ3n) is 3.45. The number of nitrogens with zero attached hydrogens (tertiary/aromatic N) is 2. The summed E-state index contributed by atoms with van der Waals surface area (Å²) >= 11 is 5.83. The smallest absolute Gasteiger partial charge is 0.386 e. The van der Waals surface area contributed by atoms with Gasteiger partial charge in [0.25, 0.3) is 0 Å². The number of hydrogen-bond donors (Lipinski definition) is 1. The summed E-state index contributed by atoms with van der Waals surface area (Å²) in [6.07, 6.45) is -3.70. The SMILES string of the molecule is CC(C)C1(O)CN(c2ncc(C(F)(F)F)cc2Cl)C1. The molecular weight excluding hydrogens is 281 g/mol. The predicted molar refractivity (Wildman–Crippen MR) is 66.2 cm³/mol. The number of hydrogen-bond acceptors (Lipinski definition) is 3. The van der Waals surface area contributed by atoms with Crippen LogP contribution in [0.4, 0.5) is 19.0 Å². The highest BCUT2D eigenvalue weighted by Gasteiger charge is 2.45. The third-order valence-corrected chi connectivity index (χ3v) is 3.73. The lowest BCUT2D eigenvalue weighted by molar-refractivity contribution is -0.137. The van der Waals surface area contributed by atoms with E-state index >= 15 is 0 Å². The van der Waals surface area contributed by atoms with Crippen LogP contribution >= 0.6 is 11.6 Å². The van der Waals surface area contributed by atoms with E-state index in [9.17, 15) is 18.3 Å². The van der Waals surface area contributed by atoms with E-state index in [0.717, 1.165) is 12.3 Å². The number of pyridine rings is 1. The van der Waals surface area contributed by atoms with Gasteiger partial charge in [-0.2, -0.15) is 13.2 Å². The van der Waals surface area contributed by atoms with Crippen molar-refractivity contribution >= 4 is 17.4 Å². The number of anilines is 1. The fourth-order valence-corrected chi connectivity index (χ4v) is 2.23. The Kier molecular flexibility index (Phi) is 3.43. The highest BCUT2D eigenvalue weighted by atomic mass is 35.5. The summed E-state index contributed by atoms with van der Waals surface area (Å²) in [5, 5.41) is 10.0. The van der Waals surface area contributed by atoms with Gasteiger partial charge in [0.05, 0.1) is 23.7 Å². The van der Waals surface area contributed by atoms with Crippen LogP contribution in [-0.2, 0) is 6.18 Å². The minimum absolute atomic E-state index is 0.0550. The molecule has 0 unspecified atom stereocenters. The zero-order valence-electron chi connectivity index (χ0n) is 10.5. The molecule has 7 heteroatoms. The van der Waals surface area contributed by atoms with Crippen LogP contribution in [-0.4, -0.2) is 28.8 Å². The van der Waals surface area contributed by atoms with Crippen LogP contribution in [0, 0.1) is 5.92 Å². The molecule has 1 saturated heterocycles. The Balaban J connectivity index is 2.17. The molecule has 1 aromatic rings. The van der Waals surface area contributed by atoms with Crippen molar-refractivity contribution in [3.05, 3.63) is 22.8 Å². The van der Waals surface area contributed by atoms with E-state index < -0.39 is 17.3 Å². The van der Waals surface area contributed by atoms with Gasteiger partial charge in [-0.3, -0.25) is 0 Å². The van der Waals surface area contributed by atoms with Gasteiger partial charge in [0.15, 0.2) is 0 Å². The quantitative estimate of drug-likeness (QED) is 0.911. The van der Waals surface area contributed by atoms with Gasteiger partial charge in [-0.15, -0.1) is 0 Å². The largest absolute Gasteiger partial charge is 0.417 e. The molecule has 1 aromatic heterocycles. The van der Waals surface area contributed by atoms with E-state index in [1.54, 1.807) is 4.90 Å². The second kappa shape index (κ2) is 4.52. The second-order valence-corrected chi connectivity index (χ2v) is 5.55. The number of β-amino-alcohol motifs (C(OH)–C–C–N with tert-alkyl or cyclic N) is 1. The molecule has 1 N–H and O–H groups in total. The Labute approximate surface area is 114 Å². The zero-order chi connectivity index (χ0) is 14.4. The minimum atomic E-state index is -4.46. The summed E-state index contributed by atoms with van der Waals surface area (Å²) < 4.78 is 37.4. The molecule has 2 heterocycles. The first kappa shape index (κ1) is 14.4. The number of rotatable bonds is 2. The molecule has 0 amide bonds. The van der Waals surface area contributed by atoms with E-state index in [-0.39, 0.29) is 16.8 Å². The maximum Gasteiger partial charge on any atom is 0.417 e. The molecule has 0 spiro atoms. The first-order valence-corrected chi connectivity index (χ1v) is 6.21. The average molecular weight is 295 g/mol. The lowest BCUT2D eigenvalue weighted by atomic mass is 9.83. The Morgan fingerprint density at radius 2 is 2.00 bits per heavy atom. The van der Waals surface area contributed by atoms with Crippen LogP contribution in [0.15, 0.2) is 12.3 Å². The van der Waals surface area contributed by atoms with E-state index in [1.807, 2.05) is 13.8 Å². The Hall–Kier alpha value is -1.01. The van der Waals surface area contributed by atoms with E-state index in [2.05, 4.69) is 4.98 Å². The van der Waals surface area contributed by atoms with Gasteiger partial charge in [0.1, 0.15) is 11.4 Å². The predicted octanol–water partition coefficient (Wildman–Crippen LogP) is 2.96. The van der Waals surface area contributed by atoms with Crippen LogP contribution < -0.4 is 4.90 Å². The van der Waals surface area contributed by atoms with Crippen molar-refractivity contribution in [3.8, 4) is 0 Å². The van der Waals surface area contributed by atoms with Crippen molar-refractivity contribution in [2.45, 2.75) is 25.6 Å². The number of aromatic nitrogens is 1. The van der Waals surface area contributed by atoms with Crippen LogP contribution in [0.1, 0.15) is 19.4 Å². The Bertz CT molecular complexity index is 484. The molecule has 0 atom stereocenters.